The zero-order valence-corrected chi connectivity index (χ0v) is 11.1. The number of anilines is 1. The Morgan fingerprint density at radius 1 is 1.47 bits per heavy atom. The van der Waals surface area contributed by atoms with Gasteiger partial charge >= 0.3 is 0 Å². The first kappa shape index (κ1) is 13.3. The molecule has 7 nitrogen and oxygen atoms in total. The molecule has 1 amide bonds. The lowest BCUT2D eigenvalue weighted by Crippen LogP contribution is -2.15. The molecule has 0 fully saturated rings. The second-order valence-corrected chi connectivity index (χ2v) is 5.94. The number of nitrogens with zero attached hydrogens (tertiary/aromatic N) is 1. The zero-order valence-electron chi connectivity index (χ0n) is 10.3. The first-order valence-corrected chi connectivity index (χ1v) is 7.36. The van der Waals surface area contributed by atoms with Crippen molar-refractivity contribution in [3.05, 3.63) is 24.0 Å². The van der Waals surface area contributed by atoms with E-state index < -0.39 is 15.9 Å². The lowest BCUT2D eigenvalue weighted by atomic mass is 10.3. The molecule has 19 heavy (non-hydrogen) atoms. The molecule has 0 bridgehead atoms. The summed E-state index contributed by atoms with van der Waals surface area (Å²) in [6, 6.07) is 4.77. The number of nitrogens with two attached hydrogens (primary N) is 1. The fourth-order valence-corrected chi connectivity index (χ4v) is 2.81. The number of amides is 1. The lowest BCUT2D eigenvalue weighted by molar-refractivity contribution is 0.0991. The van der Waals surface area contributed by atoms with Gasteiger partial charge in [-0.25, -0.2) is 13.4 Å². The number of sulfonamides is 1. The second kappa shape index (κ2) is 4.88. The smallest absolute Gasteiger partial charge is 0.284 e. The van der Waals surface area contributed by atoms with Crippen LogP contribution in [-0.4, -0.2) is 30.0 Å². The standard InChI is InChI=1S/C11H14N4O3S/c1-2-5-19(17,18)15-7-3-4-8-9(6-7)14-11(13-8)10(12)16/h3-4,6,15H,2,5H2,1H3,(H2,12,16)(H,13,14). The van der Waals surface area contributed by atoms with Gasteiger partial charge in [-0.05, 0) is 24.6 Å². The van der Waals surface area contributed by atoms with Crippen molar-refractivity contribution in [1.29, 1.82) is 0 Å². The largest absolute Gasteiger partial charge is 0.363 e. The van der Waals surface area contributed by atoms with Crippen LogP contribution in [0.15, 0.2) is 18.2 Å². The van der Waals surface area contributed by atoms with E-state index in [4.69, 9.17) is 5.73 Å². The number of fused-ring (bicyclic) bond motifs is 1. The third-order valence-electron chi connectivity index (χ3n) is 2.46. The molecule has 8 heteroatoms. The SMILES string of the molecule is CCCS(=O)(=O)Nc1ccc2nc(C(N)=O)[nH]c2c1. The molecule has 0 aliphatic carbocycles. The van der Waals surface area contributed by atoms with E-state index in [1.165, 1.54) is 0 Å². The summed E-state index contributed by atoms with van der Waals surface area (Å²) in [6.45, 7) is 1.79. The van der Waals surface area contributed by atoms with Gasteiger partial charge in [-0.15, -0.1) is 0 Å². The van der Waals surface area contributed by atoms with Crippen molar-refractivity contribution in [2.24, 2.45) is 5.73 Å². The van der Waals surface area contributed by atoms with E-state index in [0.29, 0.717) is 23.1 Å². The number of hydrogen-bond donors (Lipinski definition) is 3. The molecule has 1 aromatic carbocycles. The molecule has 0 aliphatic heterocycles. The topological polar surface area (TPSA) is 118 Å². The molecule has 0 radical (unpaired) electrons. The minimum absolute atomic E-state index is 0.0450. The van der Waals surface area contributed by atoms with E-state index in [-0.39, 0.29) is 11.6 Å². The highest BCUT2D eigenvalue weighted by Gasteiger charge is 2.11. The van der Waals surface area contributed by atoms with Crippen molar-refractivity contribution in [2.45, 2.75) is 13.3 Å². The summed E-state index contributed by atoms with van der Waals surface area (Å²) >= 11 is 0. The van der Waals surface area contributed by atoms with Gasteiger partial charge in [-0.3, -0.25) is 9.52 Å². The minimum atomic E-state index is -3.34. The van der Waals surface area contributed by atoms with Gasteiger partial charge < -0.3 is 10.7 Å². The maximum absolute atomic E-state index is 11.6. The Bertz CT molecular complexity index is 721. The molecule has 0 aliphatic rings. The van der Waals surface area contributed by atoms with E-state index in [1.807, 2.05) is 0 Å². The van der Waals surface area contributed by atoms with Crippen molar-refractivity contribution in [1.82, 2.24) is 9.97 Å². The summed E-state index contributed by atoms with van der Waals surface area (Å²) in [5, 5.41) is 0. The predicted octanol–water partition coefficient (Wildman–Crippen LogP) is 0.813. The highest BCUT2D eigenvalue weighted by molar-refractivity contribution is 7.92. The molecule has 0 saturated carbocycles. The van der Waals surface area contributed by atoms with E-state index in [9.17, 15) is 13.2 Å². The number of imidazole rings is 1. The summed E-state index contributed by atoms with van der Waals surface area (Å²) in [5.74, 6) is -0.562. The molecule has 1 aromatic heterocycles. The molecule has 1 heterocycles. The van der Waals surface area contributed by atoms with Crippen molar-refractivity contribution in [3.63, 3.8) is 0 Å². The number of primary amides is 1. The molecule has 102 valence electrons. The zero-order chi connectivity index (χ0) is 14.0. The Balaban J connectivity index is 2.34. The maximum atomic E-state index is 11.6. The van der Waals surface area contributed by atoms with Crippen molar-refractivity contribution in [3.8, 4) is 0 Å². The fraction of sp³-hybridized carbons (Fsp3) is 0.273. The van der Waals surface area contributed by atoms with E-state index in [0.717, 1.165) is 0 Å². The fourth-order valence-electron chi connectivity index (χ4n) is 1.69. The van der Waals surface area contributed by atoms with E-state index >= 15 is 0 Å². The van der Waals surface area contributed by atoms with Crippen molar-refractivity contribution in [2.75, 3.05) is 10.5 Å². The van der Waals surface area contributed by atoms with E-state index in [1.54, 1.807) is 25.1 Å². The normalized spacial score (nSPS) is 11.6. The molecule has 2 aromatic rings. The Labute approximate surface area is 110 Å². The van der Waals surface area contributed by atoms with Gasteiger partial charge in [-0.2, -0.15) is 0 Å². The predicted molar refractivity (Wildman–Crippen MR) is 72.3 cm³/mol. The van der Waals surface area contributed by atoms with Gasteiger partial charge in [0.15, 0.2) is 5.82 Å². The van der Waals surface area contributed by atoms with Gasteiger partial charge in [-0.1, -0.05) is 6.92 Å². The Morgan fingerprint density at radius 2 is 2.21 bits per heavy atom. The van der Waals surface area contributed by atoms with Crippen LogP contribution in [-0.2, 0) is 10.0 Å². The highest BCUT2D eigenvalue weighted by Crippen LogP contribution is 2.18. The number of H-pyrrole nitrogens is 1. The quantitative estimate of drug-likeness (QED) is 0.752. The van der Waals surface area contributed by atoms with Crippen LogP contribution < -0.4 is 10.5 Å². The first-order chi connectivity index (χ1) is 8.91. The Hall–Kier alpha value is -2.09. The third kappa shape index (κ3) is 3.02. The minimum Gasteiger partial charge on any atom is -0.363 e. The number of carbonyl (C=O) groups excluding carboxylic acids is 1. The van der Waals surface area contributed by atoms with Crippen LogP contribution in [0.5, 0.6) is 0 Å². The first-order valence-electron chi connectivity index (χ1n) is 5.71. The molecular weight excluding hydrogens is 268 g/mol. The maximum Gasteiger partial charge on any atom is 0.284 e. The number of carbonyl (C=O) groups is 1. The van der Waals surface area contributed by atoms with Crippen LogP contribution in [0, 0.1) is 0 Å². The number of nitrogens with one attached hydrogen (secondary N) is 2. The monoisotopic (exact) mass is 282 g/mol. The molecule has 2 rings (SSSR count). The summed E-state index contributed by atoms with van der Waals surface area (Å²) in [5.41, 5.74) is 6.63. The van der Waals surface area contributed by atoms with Crippen LogP contribution in [0.1, 0.15) is 24.0 Å². The van der Waals surface area contributed by atoms with Gasteiger partial charge in [0.25, 0.3) is 5.91 Å². The molecule has 4 N–H and O–H groups in total. The number of aromatic amines is 1. The summed E-state index contributed by atoms with van der Waals surface area (Å²) in [6.07, 6.45) is 0.535. The Morgan fingerprint density at radius 3 is 2.84 bits per heavy atom. The summed E-state index contributed by atoms with van der Waals surface area (Å²) in [4.78, 5) is 17.7. The van der Waals surface area contributed by atoms with Crippen molar-refractivity contribution < 1.29 is 13.2 Å². The number of benzene rings is 1. The van der Waals surface area contributed by atoms with Crippen LogP contribution in [0.25, 0.3) is 11.0 Å². The highest BCUT2D eigenvalue weighted by atomic mass is 32.2. The van der Waals surface area contributed by atoms with Crippen molar-refractivity contribution >= 4 is 32.7 Å². The van der Waals surface area contributed by atoms with Gasteiger partial charge in [0.05, 0.1) is 22.5 Å². The summed E-state index contributed by atoms with van der Waals surface area (Å²) in [7, 11) is -3.34. The third-order valence-corrected chi connectivity index (χ3v) is 3.95. The summed E-state index contributed by atoms with van der Waals surface area (Å²) < 4.78 is 25.7. The van der Waals surface area contributed by atoms with Gasteiger partial charge in [0, 0.05) is 0 Å². The van der Waals surface area contributed by atoms with Gasteiger partial charge in [0.1, 0.15) is 0 Å². The molecule has 0 saturated heterocycles. The molecule has 0 spiro atoms. The number of aromatic nitrogens is 2. The Kier molecular flexibility index (Phi) is 3.43. The molecular formula is C11H14N4O3S. The van der Waals surface area contributed by atoms with Crippen LogP contribution in [0.3, 0.4) is 0 Å². The lowest BCUT2D eigenvalue weighted by Gasteiger charge is -2.06. The van der Waals surface area contributed by atoms with E-state index in [2.05, 4.69) is 14.7 Å². The molecule has 0 unspecified atom stereocenters. The number of hydrogen-bond acceptors (Lipinski definition) is 4. The average Bonchev–Trinajstić information content (AvgIpc) is 2.71. The number of rotatable bonds is 5. The molecule has 0 atom stereocenters. The van der Waals surface area contributed by atoms with Crippen LogP contribution in [0.4, 0.5) is 5.69 Å². The van der Waals surface area contributed by atoms with Crippen LogP contribution >= 0.6 is 0 Å². The van der Waals surface area contributed by atoms with Crippen LogP contribution in [0.2, 0.25) is 0 Å². The average molecular weight is 282 g/mol. The second-order valence-electron chi connectivity index (χ2n) is 4.10. The van der Waals surface area contributed by atoms with Gasteiger partial charge in [0.2, 0.25) is 10.0 Å².